The molecule has 4 rings (SSSR count). The van der Waals surface area contributed by atoms with E-state index in [0.29, 0.717) is 24.5 Å². The molecule has 7 heteroatoms. The zero-order chi connectivity index (χ0) is 20.6. The van der Waals surface area contributed by atoms with Gasteiger partial charge in [0.2, 0.25) is 0 Å². The van der Waals surface area contributed by atoms with E-state index in [9.17, 15) is 13.6 Å². The molecule has 2 aliphatic rings. The lowest BCUT2D eigenvalue weighted by Gasteiger charge is -2.37. The molecule has 0 aromatic heterocycles. The first-order valence-corrected chi connectivity index (χ1v) is 9.90. The minimum atomic E-state index is -0.551. The molecule has 1 saturated heterocycles. The number of hydrogen-bond donors (Lipinski definition) is 2. The lowest BCUT2D eigenvalue weighted by Crippen LogP contribution is -2.45. The Kier molecular flexibility index (Phi) is 5.17. The lowest BCUT2D eigenvalue weighted by atomic mass is 10.1. The predicted octanol–water partition coefficient (Wildman–Crippen LogP) is 4.39. The summed E-state index contributed by atoms with van der Waals surface area (Å²) in [6, 6.07) is 10.5. The monoisotopic (exact) mass is 401 g/mol. The van der Waals surface area contributed by atoms with Crippen molar-refractivity contribution in [3.8, 4) is 0 Å². The maximum Gasteiger partial charge on any atom is 0.319 e. The maximum atomic E-state index is 14.7. The fourth-order valence-electron chi connectivity index (χ4n) is 3.99. The SMILES string of the molecule is C[C@@H]1CN(c2ccc(NC(=O)NC3(c4cccc(F)c4)CC3)cc2F)C[C@H](C)O1. The summed E-state index contributed by atoms with van der Waals surface area (Å²) in [5, 5.41) is 5.59. The second-order valence-electron chi connectivity index (χ2n) is 8.00. The van der Waals surface area contributed by atoms with Crippen molar-refractivity contribution in [3.05, 3.63) is 59.7 Å². The van der Waals surface area contributed by atoms with E-state index < -0.39 is 17.4 Å². The number of benzene rings is 2. The Bertz CT molecular complexity index is 907. The van der Waals surface area contributed by atoms with Crippen molar-refractivity contribution in [1.82, 2.24) is 5.32 Å². The summed E-state index contributed by atoms with van der Waals surface area (Å²) < 4.78 is 33.9. The van der Waals surface area contributed by atoms with E-state index in [0.717, 1.165) is 18.4 Å². The van der Waals surface area contributed by atoms with Gasteiger partial charge in [-0.15, -0.1) is 0 Å². The fraction of sp³-hybridized carbons (Fsp3) is 0.409. The Hall–Kier alpha value is -2.67. The Morgan fingerprint density at radius 1 is 1.10 bits per heavy atom. The van der Waals surface area contributed by atoms with Crippen molar-refractivity contribution < 1.29 is 18.3 Å². The molecule has 29 heavy (non-hydrogen) atoms. The van der Waals surface area contributed by atoms with Gasteiger partial charge in [0, 0.05) is 18.8 Å². The molecule has 1 aliphatic heterocycles. The van der Waals surface area contributed by atoms with Crippen LogP contribution in [0.25, 0.3) is 0 Å². The van der Waals surface area contributed by atoms with Crippen LogP contribution in [0.1, 0.15) is 32.3 Å². The standard InChI is InChI=1S/C22H25F2N3O2/c1-14-12-27(13-15(2)29-14)20-7-6-18(11-19(20)24)25-21(28)26-22(8-9-22)16-4-3-5-17(23)10-16/h3-7,10-11,14-15H,8-9,12-13H2,1-2H3,(H2,25,26,28)/t14-,15+. The first-order valence-electron chi connectivity index (χ1n) is 9.90. The van der Waals surface area contributed by atoms with Crippen LogP contribution in [0.4, 0.5) is 25.0 Å². The van der Waals surface area contributed by atoms with Crippen LogP contribution in [0.5, 0.6) is 0 Å². The molecule has 154 valence electrons. The summed E-state index contributed by atoms with van der Waals surface area (Å²) in [6.07, 6.45) is 1.54. The van der Waals surface area contributed by atoms with Crippen molar-refractivity contribution in [2.75, 3.05) is 23.3 Å². The Balaban J connectivity index is 1.42. The van der Waals surface area contributed by atoms with Crippen molar-refractivity contribution in [2.45, 2.75) is 44.4 Å². The molecule has 0 spiro atoms. The van der Waals surface area contributed by atoms with Gasteiger partial charge >= 0.3 is 6.03 Å². The van der Waals surface area contributed by atoms with E-state index in [4.69, 9.17) is 4.74 Å². The first-order chi connectivity index (χ1) is 13.8. The second-order valence-corrected chi connectivity index (χ2v) is 8.00. The molecule has 0 unspecified atom stereocenters. The van der Waals surface area contributed by atoms with Crippen LogP contribution >= 0.6 is 0 Å². The molecule has 1 saturated carbocycles. The van der Waals surface area contributed by atoms with Gasteiger partial charge in [-0.3, -0.25) is 0 Å². The van der Waals surface area contributed by atoms with E-state index in [2.05, 4.69) is 10.6 Å². The van der Waals surface area contributed by atoms with Gasteiger partial charge in [0.15, 0.2) is 0 Å². The summed E-state index contributed by atoms with van der Waals surface area (Å²) in [6.45, 7) is 5.16. The van der Waals surface area contributed by atoms with E-state index in [1.54, 1.807) is 24.3 Å². The summed E-state index contributed by atoms with van der Waals surface area (Å²) >= 11 is 0. The highest BCUT2D eigenvalue weighted by Gasteiger charge is 2.45. The minimum Gasteiger partial charge on any atom is -0.372 e. The van der Waals surface area contributed by atoms with Gasteiger partial charge in [0.25, 0.3) is 0 Å². The summed E-state index contributed by atoms with van der Waals surface area (Å²) in [5.41, 5.74) is 1.05. The number of carbonyl (C=O) groups excluding carboxylic acids is 1. The molecular formula is C22H25F2N3O2. The Labute approximate surface area is 169 Å². The number of carbonyl (C=O) groups is 1. The number of nitrogens with one attached hydrogen (secondary N) is 2. The second kappa shape index (κ2) is 7.63. The van der Waals surface area contributed by atoms with Gasteiger partial charge in [0.1, 0.15) is 11.6 Å². The largest absolute Gasteiger partial charge is 0.372 e. The molecule has 2 aromatic carbocycles. The van der Waals surface area contributed by atoms with Crippen LogP contribution in [0.2, 0.25) is 0 Å². The van der Waals surface area contributed by atoms with Gasteiger partial charge < -0.3 is 20.3 Å². The number of morpholine rings is 1. The van der Waals surface area contributed by atoms with E-state index >= 15 is 0 Å². The third kappa shape index (κ3) is 4.34. The molecule has 2 aromatic rings. The number of ether oxygens (including phenoxy) is 1. The van der Waals surface area contributed by atoms with Gasteiger partial charge in [-0.25, -0.2) is 13.6 Å². The Morgan fingerprint density at radius 2 is 1.83 bits per heavy atom. The average molecular weight is 401 g/mol. The number of rotatable bonds is 4. The predicted molar refractivity (Wildman–Crippen MR) is 108 cm³/mol. The molecule has 2 N–H and O–H groups in total. The topological polar surface area (TPSA) is 53.6 Å². The highest BCUT2D eigenvalue weighted by molar-refractivity contribution is 5.90. The number of anilines is 2. The molecule has 2 atom stereocenters. The normalized spacial score (nSPS) is 22.8. The van der Waals surface area contributed by atoms with Crippen LogP contribution in [0.3, 0.4) is 0 Å². The van der Waals surface area contributed by atoms with Crippen LogP contribution in [-0.2, 0) is 10.3 Å². The molecule has 0 radical (unpaired) electrons. The lowest BCUT2D eigenvalue weighted by molar-refractivity contribution is -0.00539. The van der Waals surface area contributed by atoms with Crippen molar-refractivity contribution in [1.29, 1.82) is 0 Å². The molecule has 5 nitrogen and oxygen atoms in total. The zero-order valence-corrected chi connectivity index (χ0v) is 16.5. The summed E-state index contributed by atoms with van der Waals surface area (Å²) in [5.74, 6) is -0.726. The van der Waals surface area contributed by atoms with E-state index in [1.165, 1.54) is 18.2 Å². The van der Waals surface area contributed by atoms with E-state index in [-0.39, 0.29) is 18.0 Å². The maximum absolute atomic E-state index is 14.7. The molecule has 2 amide bonds. The molecule has 2 fully saturated rings. The number of hydrogen-bond acceptors (Lipinski definition) is 3. The van der Waals surface area contributed by atoms with Crippen LogP contribution in [-0.4, -0.2) is 31.3 Å². The number of amides is 2. The van der Waals surface area contributed by atoms with Gasteiger partial charge in [0.05, 0.1) is 23.4 Å². The minimum absolute atomic E-state index is 0.0271. The molecule has 1 heterocycles. The number of nitrogens with zero attached hydrogens (tertiary/aromatic N) is 1. The van der Waals surface area contributed by atoms with E-state index in [1.807, 2.05) is 18.7 Å². The quantitative estimate of drug-likeness (QED) is 0.799. The Morgan fingerprint density at radius 3 is 2.45 bits per heavy atom. The van der Waals surface area contributed by atoms with Crippen molar-refractivity contribution in [2.24, 2.45) is 0 Å². The highest BCUT2D eigenvalue weighted by Crippen LogP contribution is 2.45. The summed E-state index contributed by atoms with van der Waals surface area (Å²) in [4.78, 5) is 14.4. The number of halogens is 2. The number of urea groups is 1. The van der Waals surface area contributed by atoms with Crippen molar-refractivity contribution in [3.63, 3.8) is 0 Å². The fourth-order valence-corrected chi connectivity index (χ4v) is 3.99. The van der Waals surface area contributed by atoms with Crippen molar-refractivity contribution >= 4 is 17.4 Å². The molecule has 0 bridgehead atoms. The smallest absolute Gasteiger partial charge is 0.319 e. The third-order valence-corrected chi connectivity index (χ3v) is 5.45. The zero-order valence-electron chi connectivity index (χ0n) is 16.5. The van der Waals surface area contributed by atoms with Crippen LogP contribution in [0.15, 0.2) is 42.5 Å². The van der Waals surface area contributed by atoms with Crippen LogP contribution in [0, 0.1) is 11.6 Å². The molecular weight excluding hydrogens is 376 g/mol. The summed E-state index contributed by atoms with van der Waals surface area (Å²) in [7, 11) is 0. The molecule has 1 aliphatic carbocycles. The van der Waals surface area contributed by atoms with Gasteiger partial charge in [-0.1, -0.05) is 12.1 Å². The average Bonchev–Trinajstić information content (AvgIpc) is 3.41. The highest BCUT2D eigenvalue weighted by atomic mass is 19.1. The third-order valence-electron chi connectivity index (χ3n) is 5.45. The van der Waals surface area contributed by atoms with Crippen LogP contribution < -0.4 is 15.5 Å². The first kappa shape index (κ1) is 19.6. The van der Waals surface area contributed by atoms with Gasteiger partial charge in [-0.2, -0.15) is 0 Å². The van der Waals surface area contributed by atoms with Gasteiger partial charge in [-0.05, 0) is 62.6 Å².